The van der Waals surface area contributed by atoms with Gasteiger partial charge in [0.1, 0.15) is 5.67 Å². The second-order valence-corrected chi connectivity index (χ2v) is 5.64. The van der Waals surface area contributed by atoms with Crippen LogP contribution in [0.25, 0.3) is 0 Å². The maximum absolute atomic E-state index is 12.9. The molecule has 0 atom stereocenters. The van der Waals surface area contributed by atoms with Crippen molar-refractivity contribution < 1.29 is 12.8 Å². The number of rotatable bonds is 5. The lowest BCUT2D eigenvalue weighted by molar-refractivity contribution is 0.249. The molecule has 5 heteroatoms. The molecule has 0 heterocycles. The Labute approximate surface area is 73.1 Å². The first-order chi connectivity index (χ1) is 5.27. The lowest BCUT2D eigenvalue weighted by Crippen LogP contribution is -2.28. The SMILES string of the molecule is CC(C)(F)CS(=O)(=O)CCCN. The number of halogens is 1. The molecule has 2 N–H and O–H groups in total. The molecule has 0 aromatic heterocycles. The second-order valence-electron chi connectivity index (χ2n) is 3.45. The first-order valence-electron chi connectivity index (χ1n) is 3.86. The van der Waals surface area contributed by atoms with Gasteiger partial charge in [-0.1, -0.05) is 0 Å². The molecule has 0 radical (unpaired) electrons. The third-order valence-electron chi connectivity index (χ3n) is 1.22. The van der Waals surface area contributed by atoms with E-state index in [0.717, 1.165) is 0 Å². The summed E-state index contributed by atoms with van der Waals surface area (Å²) < 4.78 is 35.1. The Bertz CT molecular complexity index is 218. The molecule has 0 aliphatic carbocycles. The van der Waals surface area contributed by atoms with E-state index in [-0.39, 0.29) is 5.75 Å². The maximum Gasteiger partial charge on any atom is 0.153 e. The zero-order valence-corrected chi connectivity index (χ0v) is 8.32. The van der Waals surface area contributed by atoms with Gasteiger partial charge in [-0.25, -0.2) is 12.8 Å². The van der Waals surface area contributed by atoms with E-state index < -0.39 is 21.3 Å². The van der Waals surface area contributed by atoms with Gasteiger partial charge < -0.3 is 5.73 Å². The Morgan fingerprint density at radius 1 is 1.42 bits per heavy atom. The van der Waals surface area contributed by atoms with Gasteiger partial charge in [-0.15, -0.1) is 0 Å². The van der Waals surface area contributed by atoms with Gasteiger partial charge in [-0.3, -0.25) is 0 Å². The summed E-state index contributed by atoms with van der Waals surface area (Å²) in [5.41, 5.74) is 3.50. The molecule has 12 heavy (non-hydrogen) atoms. The number of nitrogens with two attached hydrogens (primary N) is 1. The van der Waals surface area contributed by atoms with Crippen LogP contribution in [0, 0.1) is 0 Å². The molecule has 0 aliphatic rings. The van der Waals surface area contributed by atoms with E-state index in [9.17, 15) is 12.8 Å². The fourth-order valence-corrected chi connectivity index (χ4v) is 2.70. The van der Waals surface area contributed by atoms with Gasteiger partial charge in [0.15, 0.2) is 9.84 Å². The molecule has 3 nitrogen and oxygen atoms in total. The predicted molar refractivity (Wildman–Crippen MR) is 47.5 cm³/mol. The molecule has 0 aromatic rings. The van der Waals surface area contributed by atoms with Gasteiger partial charge in [-0.2, -0.15) is 0 Å². The van der Waals surface area contributed by atoms with E-state index in [1.807, 2.05) is 0 Å². The molecule has 0 aromatic carbocycles. The predicted octanol–water partition coefficient (Wildman–Crippen LogP) is 0.498. The highest BCUT2D eigenvalue weighted by molar-refractivity contribution is 7.91. The molecule has 74 valence electrons. The zero-order valence-electron chi connectivity index (χ0n) is 7.51. The second kappa shape index (κ2) is 4.18. The monoisotopic (exact) mass is 197 g/mol. The van der Waals surface area contributed by atoms with Crippen molar-refractivity contribution in [1.29, 1.82) is 0 Å². The maximum atomic E-state index is 12.9. The average Bonchev–Trinajstić information content (AvgIpc) is 1.78. The minimum atomic E-state index is -3.26. The molecule has 0 rings (SSSR count). The van der Waals surface area contributed by atoms with Gasteiger partial charge in [0, 0.05) is 0 Å². The summed E-state index contributed by atoms with van der Waals surface area (Å²) in [6.45, 7) is 2.84. The lowest BCUT2D eigenvalue weighted by Gasteiger charge is -2.13. The van der Waals surface area contributed by atoms with Gasteiger partial charge in [0.2, 0.25) is 0 Å². The smallest absolute Gasteiger partial charge is 0.153 e. The van der Waals surface area contributed by atoms with Crippen LogP contribution in [0.1, 0.15) is 20.3 Å². The van der Waals surface area contributed by atoms with Crippen molar-refractivity contribution in [2.24, 2.45) is 5.73 Å². The molecule has 0 fully saturated rings. The molecule has 0 saturated carbocycles. The van der Waals surface area contributed by atoms with E-state index in [2.05, 4.69) is 0 Å². The Balaban J connectivity index is 4.06. The molecular weight excluding hydrogens is 181 g/mol. The lowest BCUT2D eigenvalue weighted by atomic mass is 10.2. The molecule has 0 amide bonds. The molecule has 0 aliphatic heterocycles. The van der Waals surface area contributed by atoms with Gasteiger partial charge >= 0.3 is 0 Å². The topological polar surface area (TPSA) is 60.2 Å². The van der Waals surface area contributed by atoms with Crippen LogP contribution in [0.15, 0.2) is 0 Å². The van der Waals surface area contributed by atoms with E-state index in [1.165, 1.54) is 13.8 Å². The number of alkyl halides is 1. The third kappa shape index (κ3) is 6.54. The van der Waals surface area contributed by atoms with Crippen LogP contribution in [0.4, 0.5) is 4.39 Å². The van der Waals surface area contributed by atoms with Crippen LogP contribution in [0.3, 0.4) is 0 Å². The Kier molecular flexibility index (Phi) is 4.13. The minimum Gasteiger partial charge on any atom is -0.330 e. The van der Waals surface area contributed by atoms with Crippen LogP contribution in [0.5, 0.6) is 0 Å². The summed E-state index contributed by atoms with van der Waals surface area (Å²) in [5, 5.41) is 0. The van der Waals surface area contributed by atoms with Crippen molar-refractivity contribution in [1.82, 2.24) is 0 Å². The largest absolute Gasteiger partial charge is 0.330 e. The normalized spacial score (nSPS) is 13.3. The van der Waals surface area contributed by atoms with E-state index >= 15 is 0 Å². The zero-order chi connectivity index (χ0) is 9.83. The molecular formula is C7H16FNO2S. The van der Waals surface area contributed by atoms with Gasteiger partial charge in [-0.05, 0) is 26.8 Å². The van der Waals surface area contributed by atoms with E-state index in [4.69, 9.17) is 5.73 Å². The van der Waals surface area contributed by atoms with Crippen molar-refractivity contribution in [2.45, 2.75) is 25.9 Å². The van der Waals surface area contributed by atoms with Crippen molar-refractivity contribution in [2.75, 3.05) is 18.1 Å². The quantitative estimate of drug-likeness (QED) is 0.698. The number of hydrogen-bond acceptors (Lipinski definition) is 3. The van der Waals surface area contributed by atoms with Crippen LogP contribution in [-0.2, 0) is 9.84 Å². The van der Waals surface area contributed by atoms with Crippen molar-refractivity contribution >= 4 is 9.84 Å². The van der Waals surface area contributed by atoms with Crippen molar-refractivity contribution in [3.05, 3.63) is 0 Å². The standard InChI is InChI=1S/C7H16FNO2S/c1-7(2,8)6-12(10,11)5-3-4-9/h3-6,9H2,1-2H3. The Morgan fingerprint density at radius 3 is 2.25 bits per heavy atom. The highest BCUT2D eigenvalue weighted by Crippen LogP contribution is 2.12. The summed E-state index contributed by atoms with van der Waals surface area (Å²) >= 11 is 0. The highest BCUT2D eigenvalue weighted by Gasteiger charge is 2.24. The van der Waals surface area contributed by atoms with Crippen LogP contribution in [0.2, 0.25) is 0 Å². The molecule has 0 unspecified atom stereocenters. The van der Waals surface area contributed by atoms with Gasteiger partial charge in [0.25, 0.3) is 0 Å². The van der Waals surface area contributed by atoms with Crippen LogP contribution < -0.4 is 5.73 Å². The van der Waals surface area contributed by atoms with E-state index in [1.54, 1.807) is 0 Å². The number of sulfone groups is 1. The average molecular weight is 197 g/mol. The van der Waals surface area contributed by atoms with Crippen LogP contribution >= 0.6 is 0 Å². The first-order valence-corrected chi connectivity index (χ1v) is 5.68. The molecule has 0 bridgehead atoms. The first kappa shape index (κ1) is 11.8. The minimum absolute atomic E-state index is 0.0170. The fraction of sp³-hybridized carbons (Fsp3) is 1.00. The van der Waals surface area contributed by atoms with Crippen LogP contribution in [-0.4, -0.2) is 32.1 Å². The van der Waals surface area contributed by atoms with Gasteiger partial charge in [0.05, 0.1) is 11.5 Å². The summed E-state index contributed by atoms with van der Waals surface area (Å²) in [5.74, 6) is -0.434. The fourth-order valence-electron chi connectivity index (χ4n) is 0.898. The third-order valence-corrected chi connectivity index (χ3v) is 3.26. The van der Waals surface area contributed by atoms with E-state index in [0.29, 0.717) is 13.0 Å². The van der Waals surface area contributed by atoms with Crippen molar-refractivity contribution in [3.63, 3.8) is 0 Å². The summed E-state index contributed by atoms with van der Waals surface area (Å²) in [7, 11) is -3.26. The Hall–Kier alpha value is -0.160. The molecule has 0 saturated heterocycles. The number of hydrogen-bond donors (Lipinski definition) is 1. The Morgan fingerprint density at radius 2 is 1.92 bits per heavy atom. The summed E-state index contributed by atoms with van der Waals surface area (Å²) in [6, 6.07) is 0. The molecule has 0 spiro atoms. The van der Waals surface area contributed by atoms with Crippen molar-refractivity contribution in [3.8, 4) is 0 Å². The highest BCUT2D eigenvalue weighted by atomic mass is 32.2. The summed E-state index contributed by atoms with van der Waals surface area (Å²) in [4.78, 5) is 0. The summed E-state index contributed by atoms with van der Waals surface area (Å²) in [6.07, 6.45) is 0.401.